The van der Waals surface area contributed by atoms with Crippen LogP contribution in [0.15, 0.2) is 182 Å². The number of para-hydroxylation sites is 2. The zero-order chi connectivity index (χ0) is 37.0. The third kappa shape index (κ3) is 5.38. The van der Waals surface area contributed by atoms with Gasteiger partial charge < -0.3 is 9.13 Å². The molecule has 0 saturated heterocycles. The van der Waals surface area contributed by atoms with Gasteiger partial charge in [0.05, 0.1) is 27.9 Å². The summed E-state index contributed by atoms with van der Waals surface area (Å²) >= 11 is 0. The third-order valence-electron chi connectivity index (χ3n) is 11.1. The van der Waals surface area contributed by atoms with Gasteiger partial charge in [-0.3, -0.25) is 0 Å². The molecule has 0 aliphatic heterocycles. The minimum Gasteiger partial charge on any atom is -0.310 e. The highest BCUT2D eigenvalue weighted by molar-refractivity contribution is 6.10. The van der Waals surface area contributed by atoms with Gasteiger partial charge in [-0.2, -0.15) is 0 Å². The molecule has 0 saturated carbocycles. The van der Waals surface area contributed by atoms with Gasteiger partial charge in [-0.05, 0) is 84.6 Å². The van der Waals surface area contributed by atoms with Gasteiger partial charge in [0.2, 0.25) is 0 Å². The second-order valence-corrected chi connectivity index (χ2v) is 14.5. The van der Waals surface area contributed by atoms with Crippen LogP contribution in [-0.2, 0) is 0 Å². The van der Waals surface area contributed by atoms with E-state index in [1.54, 1.807) is 0 Å². The first kappa shape index (κ1) is 32.2. The smallest absolute Gasteiger partial charge is 0.160 e. The van der Waals surface area contributed by atoms with Gasteiger partial charge in [0, 0.05) is 54.8 Å². The molecule has 3 heterocycles. The summed E-state index contributed by atoms with van der Waals surface area (Å²) in [5, 5.41) is 6.32. The summed E-state index contributed by atoms with van der Waals surface area (Å²) in [5.74, 6) is 0.708. The van der Waals surface area contributed by atoms with Crippen molar-refractivity contribution in [2.45, 2.75) is 12.8 Å². The summed E-state index contributed by atoms with van der Waals surface area (Å²) in [6.07, 6.45) is 6.85. The Bertz CT molecular complexity index is 3170. The van der Waals surface area contributed by atoms with E-state index in [0.29, 0.717) is 5.82 Å². The lowest BCUT2D eigenvalue weighted by Crippen LogP contribution is -2.30. The Morgan fingerprint density at radius 3 is 1.62 bits per heavy atom. The molecular weight excluding hydrogens is 681 g/mol. The Morgan fingerprint density at radius 2 is 0.911 bits per heavy atom. The van der Waals surface area contributed by atoms with Crippen molar-refractivity contribution in [3.63, 3.8) is 0 Å². The number of hydrogen-bond acceptors (Lipinski definition) is 2. The minimum absolute atomic E-state index is 0.708. The molecule has 1 aliphatic carbocycles. The van der Waals surface area contributed by atoms with Crippen LogP contribution in [0.25, 0.3) is 101 Å². The maximum absolute atomic E-state index is 5.14. The summed E-state index contributed by atoms with van der Waals surface area (Å²) in [6.45, 7) is 0. The fraction of sp³-hybridized carbons (Fsp3) is 0.0385. The van der Waals surface area contributed by atoms with Crippen LogP contribution in [0, 0.1) is 0 Å². The molecular formula is C52H36N4. The van der Waals surface area contributed by atoms with Gasteiger partial charge in [0.25, 0.3) is 0 Å². The van der Waals surface area contributed by atoms with E-state index in [0.717, 1.165) is 46.6 Å². The molecule has 0 N–H and O–H groups in total. The van der Waals surface area contributed by atoms with Crippen LogP contribution >= 0.6 is 0 Å². The van der Waals surface area contributed by atoms with Gasteiger partial charge in [-0.25, -0.2) is 9.97 Å². The zero-order valence-electron chi connectivity index (χ0n) is 30.7. The predicted octanol–water partition coefficient (Wildman–Crippen LogP) is 11.5. The van der Waals surface area contributed by atoms with E-state index >= 15 is 0 Å². The summed E-state index contributed by atoms with van der Waals surface area (Å²) in [6, 6.07) is 64.8. The molecule has 0 atom stereocenters. The van der Waals surface area contributed by atoms with Gasteiger partial charge in [-0.1, -0.05) is 133 Å². The largest absolute Gasteiger partial charge is 0.310 e. The monoisotopic (exact) mass is 716 g/mol. The Labute approximate surface area is 324 Å². The number of nitrogens with zero attached hydrogens (tertiary/aromatic N) is 4. The average Bonchev–Trinajstić information content (AvgIpc) is 3.79. The van der Waals surface area contributed by atoms with Crippen molar-refractivity contribution in [3.05, 3.63) is 193 Å². The highest BCUT2D eigenvalue weighted by atomic mass is 15.0. The maximum atomic E-state index is 5.14. The lowest BCUT2D eigenvalue weighted by atomic mass is 10.0. The number of hydrogen-bond donors (Lipinski definition) is 0. The highest BCUT2D eigenvalue weighted by Gasteiger charge is 2.17. The van der Waals surface area contributed by atoms with E-state index in [-0.39, 0.29) is 0 Å². The first-order chi connectivity index (χ1) is 27.8. The summed E-state index contributed by atoms with van der Waals surface area (Å²) in [5.41, 5.74) is 13.2. The zero-order valence-corrected chi connectivity index (χ0v) is 30.7. The standard InChI is InChI=1S/C52H36N4/c1-4-15-35(16-5-1)46-34-47(36-17-6-2-7-18-36)54-52(53-46)39-19-14-22-41(31-39)56-49-26-13-11-24-43(49)45-33-38(28-30-51(45)56)37-27-29-50-44(32-37)42-23-10-12-25-48(42)55(50)40-20-8-3-9-21-40/h1-10,12,14-34H,11,13H2. The Kier molecular flexibility index (Phi) is 7.59. The first-order valence-corrected chi connectivity index (χ1v) is 19.3. The van der Waals surface area contributed by atoms with E-state index in [9.17, 15) is 0 Å². The fourth-order valence-electron chi connectivity index (χ4n) is 8.54. The van der Waals surface area contributed by atoms with Crippen LogP contribution in [0.1, 0.15) is 12.8 Å². The fourth-order valence-corrected chi connectivity index (χ4v) is 8.54. The maximum Gasteiger partial charge on any atom is 0.160 e. The van der Waals surface area contributed by atoms with Crippen molar-refractivity contribution < 1.29 is 0 Å². The van der Waals surface area contributed by atoms with Crippen molar-refractivity contribution in [1.82, 2.24) is 19.1 Å². The van der Waals surface area contributed by atoms with Crippen LogP contribution in [0.2, 0.25) is 0 Å². The average molecular weight is 717 g/mol. The van der Waals surface area contributed by atoms with Gasteiger partial charge >= 0.3 is 0 Å². The number of fused-ring (bicyclic) bond motifs is 6. The Hall–Kier alpha value is -7.30. The van der Waals surface area contributed by atoms with Crippen molar-refractivity contribution in [2.24, 2.45) is 0 Å². The number of rotatable bonds is 6. The lowest BCUT2D eigenvalue weighted by Gasteiger charge is -2.12. The summed E-state index contributed by atoms with van der Waals surface area (Å²) < 4.78 is 4.79. The number of benzene rings is 7. The molecule has 0 fully saturated rings. The van der Waals surface area contributed by atoms with Crippen LogP contribution < -0.4 is 10.6 Å². The van der Waals surface area contributed by atoms with E-state index in [1.165, 1.54) is 60.1 Å². The van der Waals surface area contributed by atoms with Crippen molar-refractivity contribution >= 4 is 44.9 Å². The van der Waals surface area contributed by atoms with E-state index in [2.05, 4.69) is 191 Å². The van der Waals surface area contributed by atoms with Crippen LogP contribution in [0.5, 0.6) is 0 Å². The molecule has 56 heavy (non-hydrogen) atoms. The second-order valence-electron chi connectivity index (χ2n) is 14.5. The minimum atomic E-state index is 0.708. The van der Waals surface area contributed by atoms with Crippen molar-refractivity contribution in [2.75, 3.05) is 0 Å². The molecule has 4 heteroatoms. The van der Waals surface area contributed by atoms with E-state index in [4.69, 9.17) is 9.97 Å². The van der Waals surface area contributed by atoms with E-state index in [1.807, 2.05) is 12.1 Å². The van der Waals surface area contributed by atoms with Gasteiger partial charge in [0.15, 0.2) is 5.82 Å². The highest BCUT2D eigenvalue weighted by Crippen LogP contribution is 2.36. The predicted molar refractivity (Wildman–Crippen MR) is 232 cm³/mol. The molecule has 0 radical (unpaired) electrons. The SMILES string of the molecule is C1=c2c(n(-c3cccc(-c4nc(-c5ccccc5)cc(-c5ccccc5)n4)c3)c3ccc(-c4ccc5c(c4)c4ccccc4n5-c4ccccc4)cc23)=CCC1. The molecule has 264 valence electrons. The molecule has 11 rings (SSSR count). The first-order valence-electron chi connectivity index (χ1n) is 19.3. The molecule has 0 bridgehead atoms. The molecule has 10 aromatic rings. The van der Waals surface area contributed by atoms with Crippen LogP contribution in [-0.4, -0.2) is 19.1 Å². The quantitative estimate of drug-likeness (QED) is 0.172. The molecule has 3 aromatic heterocycles. The van der Waals surface area contributed by atoms with E-state index < -0.39 is 0 Å². The Morgan fingerprint density at radius 1 is 0.357 bits per heavy atom. The lowest BCUT2D eigenvalue weighted by molar-refractivity contribution is 1.02. The summed E-state index contributed by atoms with van der Waals surface area (Å²) in [7, 11) is 0. The normalized spacial score (nSPS) is 12.4. The van der Waals surface area contributed by atoms with Crippen molar-refractivity contribution in [1.29, 1.82) is 0 Å². The van der Waals surface area contributed by atoms with Gasteiger partial charge in [-0.15, -0.1) is 0 Å². The third-order valence-corrected chi connectivity index (χ3v) is 11.1. The molecule has 7 aromatic carbocycles. The van der Waals surface area contributed by atoms with Crippen LogP contribution in [0.4, 0.5) is 0 Å². The molecule has 1 aliphatic rings. The summed E-state index contributed by atoms with van der Waals surface area (Å²) in [4.78, 5) is 10.3. The number of aromatic nitrogens is 4. The topological polar surface area (TPSA) is 35.6 Å². The molecule has 4 nitrogen and oxygen atoms in total. The van der Waals surface area contributed by atoms with Crippen LogP contribution in [0.3, 0.4) is 0 Å². The van der Waals surface area contributed by atoms with Gasteiger partial charge in [0.1, 0.15) is 0 Å². The molecule has 0 spiro atoms. The second kappa shape index (κ2) is 13.2. The molecule has 0 amide bonds. The molecule has 0 unspecified atom stereocenters. The Balaban J connectivity index is 1.05. The van der Waals surface area contributed by atoms with Crippen molar-refractivity contribution in [3.8, 4) is 56.4 Å².